The van der Waals surface area contributed by atoms with Gasteiger partial charge in [0.15, 0.2) is 0 Å². The Bertz CT molecular complexity index is 666. The van der Waals surface area contributed by atoms with Crippen LogP contribution in [-0.4, -0.2) is 33.0 Å². The molecule has 0 aliphatic heterocycles. The van der Waals surface area contributed by atoms with Crippen molar-refractivity contribution in [2.75, 3.05) is 19.6 Å². The summed E-state index contributed by atoms with van der Waals surface area (Å²) >= 11 is 0. The number of sulfonamides is 1. The van der Waals surface area contributed by atoms with Crippen LogP contribution >= 0.6 is 0 Å². The molecule has 0 aliphatic rings. The molecule has 0 unspecified atom stereocenters. The second-order valence-corrected chi connectivity index (χ2v) is 6.17. The Labute approximate surface area is 119 Å². The zero-order valence-electron chi connectivity index (χ0n) is 11.5. The van der Waals surface area contributed by atoms with E-state index >= 15 is 0 Å². The summed E-state index contributed by atoms with van der Waals surface area (Å²) in [4.78, 5) is 4.46. The van der Waals surface area contributed by atoms with E-state index in [0.717, 1.165) is 19.5 Å². The predicted octanol–water partition coefficient (Wildman–Crippen LogP) is 1.51. The molecule has 0 radical (unpaired) electrons. The number of hydrogen-bond acceptors (Lipinski definition) is 4. The van der Waals surface area contributed by atoms with E-state index in [1.165, 1.54) is 0 Å². The third-order valence-corrected chi connectivity index (χ3v) is 4.49. The van der Waals surface area contributed by atoms with Gasteiger partial charge in [0.2, 0.25) is 10.0 Å². The first-order chi connectivity index (χ1) is 9.65. The molecular weight excluding hydrogens is 274 g/mol. The molecule has 1 heterocycles. The lowest BCUT2D eigenvalue weighted by Gasteiger charge is -2.09. The van der Waals surface area contributed by atoms with E-state index in [9.17, 15) is 8.42 Å². The lowest BCUT2D eigenvalue weighted by molar-refractivity contribution is 0.576. The molecule has 108 valence electrons. The Morgan fingerprint density at radius 3 is 2.80 bits per heavy atom. The van der Waals surface area contributed by atoms with Gasteiger partial charge < -0.3 is 5.32 Å². The van der Waals surface area contributed by atoms with Crippen LogP contribution in [0.25, 0.3) is 10.9 Å². The lowest BCUT2D eigenvalue weighted by Crippen LogP contribution is -2.27. The highest BCUT2D eigenvalue weighted by atomic mass is 32.2. The van der Waals surface area contributed by atoms with Crippen LogP contribution in [0.5, 0.6) is 0 Å². The van der Waals surface area contributed by atoms with Crippen molar-refractivity contribution in [1.29, 1.82) is 0 Å². The predicted molar refractivity (Wildman–Crippen MR) is 80.1 cm³/mol. The summed E-state index contributed by atoms with van der Waals surface area (Å²) in [7, 11) is -3.49. The molecule has 2 aromatic rings. The van der Waals surface area contributed by atoms with Gasteiger partial charge in [0, 0.05) is 18.1 Å². The molecule has 0 fully saturated rings. The van der Waals surface area contributed by atoms with Crippen LogP contribution in [0.15, 0.2) is 41.4 Å². The highest BCUT2D eigenvalue weighted by molar-refractivity contribution is 7.89. The quantitative estimate of drug-likeness (QED) is 0.759. The van der Waals surface area contributed by atoms with E-state index in [0.29, 0.717) is 17.4 Å². The summed E-state index contributed by atoms with van der Waals surface area (Å²) in [6.45, 7) is 4.14. The molecule has 0 amide bonds. The molecular formula is C14H19N3O2S. The summed E-state index contributed by atoms with van der Waals surface area (Å²) in [5.41, 5.74) is 0.683. The van der Waals surface area contributed by atoms with E-state index in [-0.39, 0.29) is 4.90 Å². The fourth-order valence-electron chi connectivity index (χ4n) is 1.98. The SMILES string of the molecule is CCNCCCNS(=O)(=O)c1cccc2ncccc12. The van der Waals surface area contributed by atoms with Crippen LogP contribution in [0.2, 0.25) is 0 Å². The summed E-state index contributed by atoms with van der Waals surface area (Å²) in [6, 6.07) is 8.64. The summed E-state index contributed by atoms with van der Waals surface area (Å²) < 4.78 is 27.3. The minimum absolute atomic E-state index is 0.284. The fraction of sp³-hybridized carbons (Fsp3) is 0.357. The highest BCUT2D eigenvalue weighted by Gasteiger charge is 2.16. The normalized spacial score (nSPS) is 11.8. The van der Waals surface area contributed by atoms with Gasteiger partial charge in [0.05, 0.1) is 10.4 Å². The molecule has 1 aromatic heterocycles. The van der Waals surface area contributed by atoms with Crippen LogP contribution in [0.3, 0.4) is 0 Å². The molecule has 2 N–H and O–H groups in total. The Kier molecular flexibility index (Phi) is 5.05. The van der Waals surface area contributed by atoms with E-state index in [1.54, 1.807) is 36.5 Å². The smallest absolute Gasteiger partial charge is 0.241 e. The molecule has 20 heavy (non-hydrogen) atoms. The number of nitrogens with one attached hydrogen (secondary N) is 2. The van der Waals surface area contributed by atoms with Gasteiger partial charge in [-0.2, -0.15) is 0 Å². The zero-order chi connectivity index (χ0) is 14.4. The number of pyridine rings is 1. The maximum atomic E-state index is 12.3. The van der Waals surface area contributed by atoms with Crippen molar-refractivity contribution < 1.29 is 8.42 Å². The number of nitrogens with zero attached hydrogens (tertiary/aromatic N) is 1. The minimum Gasteiger partial charge on any atom is -0.317 e. The number of fused-ring (bicyclic) bond motifs is 1. The standard InChI is InChI=1S/C14H19N3O2S/c1-2-15-9-5-11-17-20(18,19)14-8-3-7-13-12(14)6-4-10-16-13/h3-4,6-8,10,15,17H,2,5,9,11H2,1H3. The summed E-state index contributed by atoms with van der Waals surface area (Å²) in [5.74, 6) is 0. The van der Waals surface area contributed by atoms with Crippen LogP contribution < -0.4 is 10.0 Å². The molecule has 0 aliphatic carbocycles. The van der Waals surface area contributed by atoms with E-state index < -0.39 is 10.0 Å². The zero-order valence-corrected chi connectivity index (χ0v) is 12.3. The first-order valence-corrected chi connectivity index (χ1v) is 8.17. The van der Waals surface area contributed by atoms with Gasteiger partial charge in [-0.05, 0) is 43.8 Å². The Balaban J connectivity index is 2.15. The fourth-order valence-corrected chi connectivity index (χ4v) is 3.27. The third-order valence-electron chi connectivity index (χ3n) is 2.97. The monoisotopic (exact) mass is 293 g/mol. The maximum absolute atomic E-state index is 12.3. The van der Waals surface area contributed by atoms with Crippen molar-refractivity contribution in [3.05, 3.63) is 36.5 Å². The Hall–Kier alpha value is -1.50. The van der Waals surface area contributed by atoms with Gasteiger partial charge in [0.25, 0.3) is 0 Å². The van der Waals surface area contributed by atoms with Gasteiger partial charge in [-0.3, -0.25) is 4.98 Å². The molecule has 2 rings (SSSR count). The van der Waals surface area contributed by atoms with Gasteiger partial charge in [0.1, 0.15) is 0 Å². The second kappa shape index (κ2) is 6.78. The van der Waals surface area contributed by atoms with Gasteiger partial charge in [-0.1, -0.05) is 13.0 Å². The van der Waals surface area contributed by atoms with Gasteiger partial charge in [-0.15, -0.1) is 0 Å². The minimum atomic E-state index is -3.49. The second-order valence-electron chi connectivity index (χ2n) is 4.43. The van der Waals surface area contributed by atoms with Crippen LogP contribution in [-0.2, 0) is 10.0 Å². The highest BCUT2D eigenvalue weighted by Crippen LogP contribution is 2.20. The lowest BCUT2D eigenvalue weighted by atomic mass is 10.2. The summed E-state index contributed by atoms with van der Waals surface area (Å²) in [6.07, 6.45) is 2.42. The molecule has 0 saturated heterocycles. The maximum Gasteiger partial charge on any atom is 0.241 e. The molecule has 0 atom stereocenters. The van der Waals surface area contributed by atoms with Crippen molar-refractivity contribution in [3.8, 4) is 0 Å². The molecule has 1 aromatic carbocycles. The number of benzene rings is 1. The Morgan fingerprint density at radius 1 is 1.15 bits per heavy atom. The van der Waals surface area contributed by atoms with Crippen LogP contribution in [0, 0.1) is 0 Å². The van der Waals surface area contributed by atoms with Crippen LogP contribution in [0.1, 0.15) is 13.3 Å². The molecule has 0 saturated carbocycles. The van der Waals surface area contributed by atoms with Crippen molar-refractivity contribution in [1.82, 2.24) is 15.0 Å². The largest absolute Gasteiger partial charge is 0.317 e. The molecule has 0 bridgehead atoms. The summed E-state index contributed by atoms with van der Waals surface area (Å²) in [5, 5.41) is 3.81. The van der Waals surface area contributed by atoms with E-state index in [1.807, 2.05) is 6.92 Å². The topological polar surface area (TPSA) is 71.1 Å². The first kappa shape index (κ1) is 14.9. The van der Waals surface area contributed by atoms with E-state index in [2.05, 4.69) is 15.0 Å². The van der Waals surface area contributed by atoms with Gasteiger partial charge >= 0.3 is 0 Å². The van der Waals surface area contributed by atoms with Crippen molar-refractivity contribution in [2.24, 2.45) is 0 Å². The average Bonchev–Trinajstić information content (AvgIpc) is 2.46. The number of aromatic nitrogens is 1. The first-order valence-electron chi connectivity index (χ1n) is 6.69. The number of rotatable bonds is 7. The van der Waals surface area contributed by atoms with Crippen molar-refractivity contribution in [2.45, 2.75) is 18.2 Å². The van der Waals surface area contributed by atoms with E-state index in [4.69, 9.17) is 0 Å². The molecule has 6 heteroatoms. The number of hydrogen-bond donors (Lipinski definition) is 2. The molecule has 0 spiro atoms. The van der Waals surface area contributed by atoms with Crippen molar-refractivity contribution in [3.63, 3.8) is 0 Å². The van der Waals surface area contributed by atoms with Crippen molar-refractivity contribution >= 4 is 20.9 Å². The van der Waals surface area contributed by atoms with Gasteiger partial charge in [-0.25, -0.2) is 13.1 Å². The van der Waals surface area contributed by atoms with Crippen LogP contribution in [0.4, 0.5) is 0 Å². The third kappa shape index (κ3) is 3.53. The molecule has 5 nitrogen and oxygen atoms in total. The Morgan fingerprint density at radius 2 is 2.00 bits per heavy atom. The average molecular weight is 293 g/mol.